The molecule has 1 fully saturated rings. The summed E-state index contributed by atoms with van der Waals surface area (Å²) < 4.78 is 47.1. The van der Waals surface area contributed by atoms with Crippen molar-refractivity contribution in [2.75, 3.05) is 25.0 Å². The summed E-state index contributed by atoms with van der Waals surface area (Å²) in [5.41, 5.74) is -0.368. The zero-order valence-electron chi connectivity index (χ0n) is 15.8. The molecule has 0 spiro atoms. The predicted octanol–water partition coefficient (Wildman–Crippen LogP) is 5.14. The number of rotatable bonds is 3. The van der Waals surface area contributed by atoms with Crippen molar-refractivity contribution >= 4 is 28.7 Å². The van der Waals surface area contributed by atoms with E-state index in [4.69, 9.17) is 16.0 Å². The number of oxazole rings is 1. The molecule has 0 bridgehead atoms. The maximum Gasteiger partial charge on any atom is 0.420 e. The summed E-state index contributed by atoms with van der Waals surface area (Å²) in [5.74, 6) is 0. The Morgan fingerprint density at radius 2 is 2.10 bits per heavy atom. The van der Waals surface area contributed by atoms with Crippen LogP contribution in [0.4, 0.5) is 19.2 Å². The van der Waals surface area contributed by atoms with Crippen LogP contribution in [0.25, 0.3) is 22.4 Å². The lowest BCUT2D eigenvalue weighted by molar-refractivity contribution is -0.136. The highest BCUT2D eigenvalue weighted by molar-refractivity contribution is 6.33. The van der Waals surface area contributed by atoms with Gasteiger partial charge in [-0.05, 0) is 38.1 Å². The summed E-state index contributed by atoms with van der Waals surface area (Å²) in [6.07, 6.45) is -0.154. The Morgan fingerprint density at radius 3 is 2.79 bits per heavy atom. The second-order valence-electron chi connectivity index (χ2n) is 7.10. The zero-order chi connectivity index (χ0) is 20.6. The summed E-state index contributed by atoms with van der Waals surface area (Å²) >= 11 is 6.06. The van der Waals surface area contributed by atoms with Crippen LogP contribution in [0.5, 0.6) is 0 Å². The molecule has 1 aliphatic heterocycles. The lowest BCUT2D eigenvalue weighted by atomic mass is 10.1. The molecule has 3 heterocycles. The molecule has 1 aliphatic rings. The first kappa shape index (κ1) is 20.0. The van der Waals surface area contributed by atoms with Gasteiger partial charge in [-0.1, -0.05) is 24.1 Å². The van der Waals surface area contributed by atoms with Crippen LogP contribution in [0, 0.1) is 0 Å². The fourth-order valence-corrected chi connectivity index (χ4v) is 4.01. The number of alkyl halides is 3. The summed E-state index contributed by atoms with van der Waals surface area (Å²) in [6.45, 7) is 1.27. The lowest BCUT2D eigenvalue weighted by Gasteiger charge is -2.22. The fraction of sp³-hybridized carbons (Fsp3) is 0.400. The largest absolute Gasteiger partial charge is 0.423 e. The van der Waals surface area contributed by atoms with Crippen molar-refractivity contribution in [1.29, 1.82) is 0 Å². The van der Waals surface area contributed by atoms with Crippen molar-refractivity contribution in [3.05, 3.63) is 41.0 Å². The maximum atomic E-state index is 13.7. The minimum atomic E-state index is -4.65. The highest BCUT2D eigenvalue weighted by Crippen LogP contribution is 2.44. The minimum absolute atomic E-state index is 0.0423. The third kappa shape index (κ3) is 3.91. The van der Waals surface area contributed by atoms with Gasteiger partial charge in [0, 0.05) is 30.9 Å². The van der Waals surface area contributed by atoms with Crippen LogP contribution < -0.4 is 10.2 Å². The van der Waals surface area contributed by atoms with E-state index in [9.17, 15) is 13.2 Å². The van der Waals surface area contributed by atoms with E-state index in [-0.39, 0.29) is 23.2 Å². The average molecular weight is 425 g/mol. The smallest absolute Gasteiger partial charge is 0.420 e. The van der Waals surface area contributed by atoms with E-state index in [1.54, 1.807) is 24.4 Å². The Hall–Kier alpha value is -2.32. The molecule has 1 saturated heterocycles. The zero-order valence-corrected chi connectivity index (χ0v) is 16.5. The van der Waals surface area contributed by atoms with E-state index in [1.165, 1.54) is 6.07 Å². The summed E-state index contributed by atoms with van der Waals surface area (Å²) in [5, 5.41) is 2.82. The molecule has 0 amide bonds. The Kier molecular flexibility index (Phi) is 5.40. The lowest BCUT2D eigenvalue weighted by Crippen LogP contribution is -2.38. The van der Waals surface area contributed by atoms with Crippen molar-refractivity contribution < 1.29 is 17.6 Å². The van der Waals surface area contributed by atoms with Crippen LogP contribution >= 0.6 is 11.6 Å². The van der Waals surface area contributed by atoms with E-state index < -0.39 is 16.8 Å². The number of likely N-dealkylation sites (N-methyl/N-ethyl adjacent to an activating group) is 1. The first-order valence-corrected chi connectivity index (χ1v) is 9.80. The van der Waals surface area contributed by atoms with Crippen molar-refractivity contribution in [2.24, 2.45) is 0 Å². The standard InChI is InChI=1S/C20H20ClF3N4O/c1-25-12-6-3-5-9-28(11-12)19-27-17-16(20(22,23)24)14(21)10-13(18(17)29-19)15-7-2-4-8-26-15/h2,4,7-8,10,12,25H,3,5-6,9,11H2,1H3. The van der Waals surface area contributed by atoms with Gasteiger partial charge in [0.05, 0.1) is 10.7 Å². The number of hydrogen-bond acceptors (Lipinski definition) is 5. The Labute approximate surface area is 170 Å². The molecule has 1 aromatic carbocycles. The first-order chi connectivity index (χ1) is 13.9. The molecule has 5 nitrogen and oxygen atoms in total. The molecule has 29 heavy (non-hydrogen) atoms. The van der Waals surface area contributed by atoms with Crippen molar-refractivity contribution in [2.45, 2.75) is 31.5 Å². The molecule has 3 aromatic rings. The van der Waals surface area contributed by atoms with E-state index >= 15 is 0 Å². The van der Waals surface area contributed by atoms with Gasteiger partial charge in [0.15, 0.2) is 5.58 Å². The normalized spacial score (nSPS) is 18.2. The Morgan fingerprint density at radius 1 is 1.28 bits per heavy atom. The molecule has 0 radical (unpaired) electrons. The molecule has 0 aliphatic carbocycles. The van der Waals surface area contributed by atoms with Crippen LogP contribution in [0.15, 0.2) is 34.9 Å². The number of nitrogens with zero attached hydrogens (tertiary/aromatic N) is 3. The summed E-state index contributed by atoms with van der Waals surface area (Å²) in [4.78, 5) is 10.4. The summed E-state index contributed by atoms with van der Waals surface area (Å²) in [6, 6.07) is 6.82. The molecule has 1 atom stereocenters. The number of benzene rings is 1. The van der Waals surface area contributed by atoms with Gasteiger partial charge in [0.2, 0.25) is 0 Å². The number of halogens is 4. The number of anilines is 1. The topological polar surface area (TPSA) is 54.2 Å². The highest BCUT2D eigenvalue weighted by Gasteiger charge is 2.39. The molecule has 1 N–H and O–H groups in total. The maximum absolute atomic E-state index is 13.7. The molecule has 0 saturated carbocycles. The van der Waals surface area contributed by atoms with Gasteiger partial charge < -0.3 is 14.6 Å². The van der Waals surface area contributed by atoms with Crippen LogP contribution in [-0.2, 0) is 6.18 Å². The molecule has 4 rings (SSSR count). The number of aromatic nitrogens is 2. The van der Waals surface area contributed by atoms with Crippen LogP contribution in [0.1, 0.15) is 24.8 Å². The Balaban J connectivity index is 1.91. The van der Waals surface area contributed by atoms with Gasteiger partial charge in [-0.25, -0.2) is 0 Å². The average Bonchev–Trinajstić information content (AvgIpc) is 2.97. The van der Waals surface area contributed by atoms with Crippen molar-refractivity contribution in [3.63, 3.8) is 0 Å². The first-order valence-electron chi connectivity index (χ1n) is 9.42. The van der Waals surface area contributed by atoms with Crippen LogP contribution in [0.2, 0.25) is 5.02 Å². The van der Waals surface area contributed by atoms with E-state index in [1.807, 2.05) is 11.9 Å². The van der Waals surface area contributed by atoms with Crippen LogP contribution in [0.3, 0.4) is 0 Å². The molecular formula is C20H20ClF3N4O. The number of hydrogen-bond donors (Lipinski definition) is 1. The number of pyridine rings is 1. The van der Waals surface area contributed by atoms with Crippen LogP contribution in [-0.4, -0.2) is 36.1 Å². The van der Waals surface area contributed by atoms with E-state index in [0.717, 1.165) is 19.3 Å². The highest BCUT2D eigenvalue weighted by atomic mass is 35.5. The predicted molar refractivity (Wildman–Crippen MR) is 106 cm³/mol. The third-order valence-corrected chi connectivity index (χ3v) is 5.48. The second kappa shape index (κ2) is 7.84. The SMILES string of the molecule is CNC1CCCCN(c2nc3c(C(F)(F)F)c(Cl)cc(-c4ccccn4)c3o2)C1. The third-order valence-electron chi connectivity index (χ3n) is 5.18. The fourth-order valence-electron chi connectivity index (χ4n) is 3.71. The molecular weight excluding hydrogens is 405 g/mol. The van der Waals surface area contributed by atoms with Gasteiger partial charge >= 0.3 is 6.18 Å². The molecule has 2 aromatic heterocycles. The van der Waals surface area contributed by atoms with E-state index in [0.29, 0.717) is 24.3 Å². The van der Waals surface area contributed by atoms with Gasteiger partial charge in [-0.15, -0.1) is 0 Å². The quantitative estimate of drug-likeness (QED) is 0.631. The van der Waals surface area contributed by atoms with Crippen molar-refractivity contribution in [3.8, 4) is 11.3 Å². The molecule has 9 heteroatoms. The summed E-state index contributed by atoms with van der Waals surface area (Å²) in [7, 11) is 1.88. The van der Waals surface area contributed by atoms with Gasteiger partial charge in [0.25, 0.3) is 6.01 Å². The Bertz CT molecular complexity index is 1010. The van der Waals surface area contributed by atoms with E-state index in [2.05, 4.69) is 15.3 Å². The molecule has 154 valence electrons. The van der Waals surface area contributed by atoms with Gasteiger partial charge in [0.1, 0.15) is 11.1 Å². The second-order valence-corrected chi connectivity index (χ2v) is 7.50. The number of fused-ring (bicyclic) bond motifs is 1. The van der Waals surface area contributed by atoms with Gasteiger partial charge in [-0.2, -0.15) is 18.2 Å². The van der Waals surface area contributed by atoms with Gasteiger partial charge in [-0.3, -0.25) is 4.98 Å². The minimum Gasteiger partial charge on any atom is -0.423 e. The van der Waals surface area contributed by atoms with Crippen molar-refractivity contribution in [1.82, 2.24) is 15.3 Å². The molecule has 1 unspecified atom stereocenters. The monoisotopic (exact) mass is 424 g/mol. The number of nitrogens with one attached hydrogen (secondary N) is 1.